The Bertz CT molecular complexity index is 5450. The van der Waals surface area contributed by atoms with Crippen molar-refractivity contribution in [1.82, 2.24) is 4.57 Å². The molecule has 3 aromatic heterocycles. The van der Waals surface area contributed by atoms with Gasteiger partial charge in [0.25, 0.3) is 0 Å². The second-order valence-corrected chi connectivity index (χ2v) is 30.5. The third-order valence-corrected chi connectivity index (χ3v) is 25.0. The predicted octanol–water partition coefficient (Wildman–Crippen LogP) is 25.1. The zero-order valence-corrected chi connectivity index (χ0v) is 55.1. The number of para-hydroxylation sites is 3. The van der Waals surface area contributed by atoms with Crippen molar-refractivity contribution in [3.8, 4) is 50.2 Å². The summed E-state index contributed by atoms with van der Waals surface area (Å²) in [5.74, 6) is 0. The van der Waals surface area contributed by atoms with Gasteiger partial charge in [0.15, 0.2) is 0 Å². The van der Waals surface area contributed by atoms with Gasteiger partial charge in [-0.25, -0.2) is 0 Å². The third-order valence-electron chi connectivity index (χ3n) is 22.6. The first-order valence-corrected chi connectivity index (χ1v) is 33.9. The summed E-state index contributed by atoms with van der Waals surface area (Å²) in [7, 11) is 0. The highest BCUT2D eigenvalue weighted by atomic mass is 32.1. The summed E-state index contributed by atoms with van der Waals surface area (Å²) in [4.78, 5) is 2.43. The van der Waals surface area contributed by atoms with Crippen LogP contribution >= 0.6 is 22.7 Å². The minimum Gasteiger partial charge on any atom is -0.310 e. The minimum atomic E-state index is -0.0581. The summed E-state index contributed by atoms with van der Waals surface area (Å²) < 4.78 is 7.85. The fourth-order valence-electron chi connectivity index (χ4n) is 16.3. The van der Waals surface area contributed by atoms with Crippen LogP contribution in [-0.4, -0.2) is 4.57 Å². The van der Waals surface area contributed by atoms with Crippen LogP contribution in [0.5, 0.6) is 0 Å². The molecule has 3 heterocycles. The van der Waals surface area contributed by atoms with Gasteiger partial charge in [-0.05, 0) is 155 Å². The first kappa shape index (κ1) is 55.7. The second-order valence-electron chi connectivity index (χ2n) is 28.4. The highest BCUT2D eigenvalue weighted by Crippen LogP contribution is 2.60. The monoisotopic (exact) mass is 1210 g/mol. The molecular formula is C87H72N2S2. The van der Waals surface area contributed by atoms with Gasteiger partial charge in [0.05, 0.1) is 11.0 Å². The van der Waals surface area contributed by atoms with E-state index in [1.807, 2.05) is 22.7 Å². The van der Waals surface area contributed by atoms with E-state index in [1.165, 1.54) is 157 Å². The van der Waals surface area contributed by atoms with Crippen molar-refractivity contribution in [3.05, 3.63) is 288 Å². The van der Waals surface area contributed by atoms with E-state index >= 15 is 0 Å². The van der Waals surface area contributed by atoms with Crippen LogP contribution in [0.25, 0.3) is 112 Å². The van der Waals surface area contributed by atoms with Gasteiger partial charge < -0.3 is 9.47 Å². The molecule has 0 radical (unpaired) electrons. The fourth-order valence-corrected chi connectivity index (χ4v) is 18.9. The number of benzene rings is 12. The summed E-state index contributed by atoms with van der Waals surface area (Å²) >= 11 is 3.90. The Hall–Kier alpha value is -9.32. The maximum absolute atomic E-state index is 2.43. The van der Waals surface area contributed by atoms with E-state index in [-0.39, 0.29) is 27.1 Å². The van der Waals surface area contributed by atoms with Crippen LogP contribution in [0.15, 0.2) is 255 Å². The van der Waals surface area contributed by atoms with E-state index in [1.54, 1.807) is 0 Å². The van der Waals surface area contributed by atoms with Crippen LogP contribution in [0.1, 0.15) is 103 Å². The van der Waals surface area contributed by atoms with Gasteiger partial charge >= 0.3 is 0 Å². The van der Waals surface area contributed by atoms with Crippen molar-refractivity contribution >= 4 is 102 Å². The molecule has 0 amide bonds. The lowest BCUT2D eigenvalue weighted by atomic mass is 9.55. The highest BCUT2D eigenvalue weighted by molar-refractivity contribution is 7.26. The fraction of sp³-hybridized carbons (Fsp3) is 0.172. The highest BCUT2D eigenvalue weighted by Gasteiger charge is 2.48. The van der Waals surface area contributed by atoms with Crippen molar-refractivity contribution in [2.24, 2.45) is 0 Å². The van der Waals surface area contributed by atoms with Crippen molar-refractivity contribution in [2.45, 2.75) is 96.3 Å². The van der Waals surface area contributed by atoms with Crippen LogP contribution in [0.4, 0.5) is 17.1 Å². The molecular weight excluding hydrogens is 1140 g/mol. The van der Waals surface area contributed by atoms with Gasteiger partial charge in [-0.1, -0.05) is 257 Å². The molecule has 12 aromatic carbocycles. The van der Waals surface area contributed by atoms with Crippen LogP contribution in [0, 0.1) is 0 Å². The molecule has 0 fully saturated rings. The van der Waals surface area contributed by atoms with E-state index in [0.29, 0.717) is 0 Å². The normalized spacial score (nSPS) is 15.8. The second kappa shape index (κ2) is 19.8. The number of rotatable bonds is 5. The lowest BCUT2D eigenvalue weighted by Gasteiger charge is -2.48. The molecule has 442 valence electrons. The molecule has 91 heavy (non-hydrogen) atoms. The Morgan fingerprint density at radius 3 is 1.30 bits per heavy atom. The number of thiophene rings is 2. The average Bonchev–Trinajstić information content (AvgIpc) is 1.48. The topological polar surface area (TPSA) is 8.17 Å². The zero-order chi connectivity index (χ0) is 62.1. The lowest BCUT2D eigenvalue weighted by molar-refractivity contribution is 0.299. The molecule has 3 aliphatic rings. The van der Waals surface area contributed by atoms with Gasteiger partial charge in [-0.2, -0.15) is 0 Å². The lowest BCUT2D eigenvalue weighted by Crippen LogP contribution is -2.43. The number of fused-ring (bicyclic) bond motifs is 20. The Morgan fingerprint density at radius 1 is 0.286 bits per heavy atom. The van der Waals surface area contributed by atoms with Gasteiger partial charge in [0, 0.05) is 90.4 Å². The SMILES string of the molecule is CC1(C)c2ccccc2-c2c(ccc3c2sc2cc(-c4ccc(-n5c6ccccc6c6ccccc65)cc4)ccc23)C1(C)C.CC1(C)c2ccccc2-c2ccc(N(c3ccccc3)c3ccc4c(c3)sc3c5c(ccc34)C(C)(C)C(C)(C)c3ccccc3-5)cc21. The molecule has 0 atom stereocenters. The van der Waals surface area contributed by atoms with E-state index in [4.69, 9.17) is 0 Å². The number of hydrogen-bond acceptors (Lipinski definition) is 3. The molecule has 2 nitrogen and oxygen atoms in total. The number of hydrogen-bond donors (Lipinski definition) is 0. The van der Waals surface area contributed by atoms with E-state index in [0.717, 1.165) is 5.69 Å². The zero-order valence-electron chi connectivity index (χ0n) is 53.5. The van der Waals surface area contributed by atoms with Crippen molar-refractivity contribution in [3.63, 3.8) is 0 Å². The van der Waals surface area contributed by atoms with E-state index in [9.17, 15) is 0 Å². The number of anilines is 3. The molecule has 0 unspecified atom stereocenters. The molecule has 18 rings (SSSR count). The number of aromatic nitrogens is 1. The Kier molecular flexibility index (Phi) is 12.1. The molecule has 3 aliphatic carbocycles. The summed E-state index contributed by atoms with van der Waals surface area (Å²) in [6.07, 6.45) is 0. The van der Waals surface area contributed by atoms with Crippen LogP contribution in [0.2, 0.25) is 0 Å². The van der Waals surface area contributed by atoms with Crippen LogP contribution in [-0.2, 0) is 27.1 Å². The van der Waals surface area contributed by atoms with Gasteiger partial charge in [0.2, 0.25) is 0 Å². The predicted molar refractivity (Wildman–Crippen MR) is 394 cm³/mol. The Balaban J connectivity index is 0.000000140. The van der Waals surface area contributed by atoms with Crippen LogP contribution in [0.3, 0.4) is 0 Å². The average molecular weight is 1210 g/mol. The van der Waals surface area contributed by atoms with Crippen molar-refractivity contribution in [1.29, 1.82) is 0 Å². The van der Waals surface area contributed by atoms with Crippen molar-refractivity contribution in [2.75, 3.05) is 4.90 Å². The smallest absolute Gasteiger partial charge is 0.0541 e. The molecule has 0 saturated carbocycles. The third kappa shape index (κ3) is 7.95. The molecule has 15 aromatic rings. The maximum Gasteiger partial charge on any atom is 0.0541 e. The summed E-state index contributed by atoms with van der Waals surface area (Å²) in [6, 6.07) is 95.1. The molecule has 0 spiro atoms. The molecule has 0 N–H and O–H groups in total. The molecule has 0 saturated heterocycles. The Labute approximate surface area is 542 Å². The van der Waals surface area contributed by atoms with Gasteiger partial charge in [0.1, 0.15) is 0 Å². The molecule has 0 bridgehead atoms. The molecule has 0 aliphatic heterocycles. The summed E-state index contributed by atoms with van der Waals surface area (Å²) in [6.45, 7) is 24.0. The standard InChI is InChI=1S/C45H39NS.C42H33NS/c1-43(2)36-18-12-10-16-31(36)32-22-20-29(26-39(32)43)46(28-14-8-7-9-15-28)30-21-23-33-34-24-25-38-41(42(34)47-40(33)27-30)35-17-11-13-19-37(35)44(3,4)45(38,5)6;1-41(2)34-14-8-5-13-33(34)39-35(42(41,3)4)24-23-32-31-22-19-27(25-38(31)44-40(32)39)26-17-20-28(21-18-26)43-36-15-9-6-11-29(36)30-12-7-10-16-37(30)43/h7-27H,1-6H3;5-25H,1-4H3. The van der Waals surface area contributed by atoms with E-state index < -0.39 is 0 Å². The van der Waals surface area contributed by atoms with E-state index in [2.05, 4.69) is 333 Å². The first-order chi connectivity index (χ1) is 43.9. The summed E-state index contributed by atoms with van der Waals surface area (Å²) in [5, 5.41) is 7.97. The quantitative estimate of drug-likeness (QED) is 0.167. The minimum absolute atomic E-state index is 0.00265. The van der Waals surface area contributed by atoms with Crippen molar-refractivity contribution < 1.29 is 0 Å². The largest absolute Gasteiger partial charge is 0.310 e. The van der Waals surface area contributed by atoms with Gasteiger partial charge in [-0.3, -0.25) is 0 Å². The first-order valence-electron chi connectivity index (χ1n) is 32.3. The van der Waals surface area contributed by atoms with Crippen LogP contribution < -0.4 is 4.90 Å². The Morgan fingerprint density at radius 2 is 0.714 bits per heavy atom. The summed E-state index contributed by atoms with van der Waals surface area (Å²) in [5.41, 5.74) is 26.6. The number of nitrogens with zero attached hydrogens (tertiary/aromatic N) is 2. The maximum atomic E-state index is 2.43. The molecule has 4 heteroatoms. The van der Waals surface area contributed by atoms with Gasteiger partial charge in [-0.15, -0.1) is 22.7 Å².